The maximum Gasteiger partial charge on any atom is 0.123 e. The van der Waals surface area contributed by atoms with E-state index >= 15 is 0 Å². The largest absolute Gasteiger partial charge is 0.493 e. The second-order valence-corrected chi connectivity index (χ2v) is 5.46. The standard InChI is InChI=1S/C16H26N2O2/c1-2-9-20-16-11-13(17)10-15(12-16)18-7-4-3-5-14(18)6-8-19/h10-12,14,19H,2-9,17H2,1H3. The van der Waals surface area contributed by atoms with E-state index in [-0.39, 0.29) is 6.61 Å². The number of nitrogens with zero attached hydrogens (tertiary/aromatic N) is 1. The van der Waals surface area contributed by atoms with Gasteiger partial charge in [-0.25, -0.2) is 0 Å². The van der Waals surface area contributed by atoms with Gasteiger partial charge in [0.05, 0.1) is 6.61 Å². The van der Waals surface area contributed by atoms with Gasteiger partial charge in [0, 0.05) is 42.7 Å². The molecule has 112 valence electrons. The Morgan fingerprint density at radius 1 is 1.35 bits per heavy atom. The summed E-state index contributed by atoms with van der Waals surface area (Å²) in [6.45, 7) is 4.07. The fraction of sp³-hybridized carbons (Fsp3) is 0.625. The van der Waals surface area contributed by atoms with Crippen LogP contribution in [0, 0.1) is 0 Å². The summed E-state index contributed by atoms with van der Waals surface area (Å²) in [6, 6.07) is 6.37. The minimum Gasteiger partial charge on any atom is -0.493 e. The van der Waals surface area contributed by atoms with Gasteiger partial charge in [0.1, 0.15) is 5.75 Å². The first-order valence-electron chi connectivity index (χ1n) is 7.65. The molecule has 0 spiro atoms. The molecule has 0 aliphatic carbocycles. The van der Waals surface area contributed by atoms with Gasteiger partial charge in [0.2, 0.25) is 0 Å². The van der Waals surface area contributed by atoms with E-state index in [0.29, 0.717) is 12.6 Å². The molecule has 1 aromatic rings. The summed E-state index contributed by atoms with van der Waals surface area (Å²) in [6.07, 6.45) is 5.38. The van der Waals surface area contributed by atoms with Gasteiger partial charge < -0.3 is 20.5 Å². The summed E-state index contributed by atoms with van der Waals surface area (Å²) >= 11 is 0. The number of aliphatic hydroxyl groups excluding tert-OH is 1. The maximum absolute atomic E-state index is 9.23. The maximum atomic E-state index is 9.23. The zero-order valence-corrected chi connectivity index (χ0v) is 12.3. The highest BCUT2D eigenvalue weighted by molar-refractivity contribution is 5.61. The highest BCUT2D eigenvalue weighted by Gasteiger charge is 2.22. The minimum absolute atomic E-state index is 0.239. The van der Waals surface area contributed by atoms with E-state index in [0.717, 1.165) is 42.9 Å². The molecule has 1 aromatic carbocycles. The Morgan fingerprint density at radius 2 is 2.20 bits per heavy atom. The van der Waals surface area contributed by atoms with Crippen LogP contribution >= 0.6 is 0 Å². The highest BCUT2D eigenvalue weighted by Crippen LogP contribution is 2.31. The third kappa shape index (κ3) is 3.79. The first kappa shape index (κ1) is 15.0. The van der Waals surface area contributed by atoms with Crippen molar-refractivity contribution in [2.75, 3.05) is 30.4 Å². The van der Waals surface area contributed by atoms with Crippen LogP contribution in [-0.4, -0.2) is 30.9 Å². The predicted molar refractivity (Wildman–Crippen MR) is 83.3 cm³/mol. The number of piperidine rings is 1. The lowest BCUT2D eigenvalue weighted by atomic mass is 9.98. The predicted octanol–water partition coefficient (Wildman–Crippen LogP) is 2.80. The Kier molecular flexibility index (Phi) is 5.53. The molecule has 4 heteroatoms. The van der Waals surface area contributed by atoms with Crippen molar-refractivity contribution in [3.8, 4) is 5.75 Å². The number of ether oxygens (including phenoxy) is 1. The summed E-state index contributed by atoms with van der Waals surface area (Å²) in [5.41, 5.74) is 7.86. The van der Waals surface area contributed by atoms with Gasteiger partial charge in [-0.15, -0.1) is 0 Å². The number of hydrogen-bond acceptors (Lipinski definition) is 4. The number of benzene rings is 1. The molecule has 1 saturated heterocycles. The summed E-state index contributed by atoms with van der Waals surface area (Å²) in [5, 5.41) is 9.23. The van der Waals surface area contributed by atoms with Crippen LogP contribution in [0.1, 0.15) is 39.0 Å². The van der Waals surface area contributed by atoms with Gasteiger partial charge in [0.15, 0.2) is 0 Å². The van der Waals surface area contributed by atoms with E-state index in [1.165, 1.54) is 12.8 Å². The lowest BCUT2D eigenvalue weighted by Gasteiger charge is -2.37. The summed E-state index contributed by atoms with van der Waals surface area (Å²) < 4.78 is 5.71. The Morgan fingerprint density at radius 3 is 2.95 bits per heavy atom. The topological polar surface area (TPSA) is 58.7 Å². The molecule has 1 aliphatic heterocycles. The van der Waals surface area contributed by atoms with Crippen LogP contribution in [0.3, 0.4) is 0 Å². The van der Waals surface area contributed by atoms with E-state index in [1.807, 2.05) is 12.1 Å². The monoisotopic (exact) mass is 278 g/mol. The van der Waals surface area contributed by atoms with E-state index in [1.54, 1.807) is 0 Å². The van der Waals surface area contributed by atoms with Crippen LogP contribution < -0.4 is 15.4 Å². The zero-order valence-electron chi connectivity index (χ0n) is 12.3. The average Bonchev–Trinajstić information content (AvgIpc) is 2.45. The third-order valence-electron chi connectivity index (χ3n) is 3.81. The van der Waals surface area contributed by atoms with Crippen molar-refractivity contribution < 1.29 is 9.84 Å². The molecule has 1 atom stereocenters. The molecule has 0 amide bonds. The zero-order chi connectivity index (χ0) is 14.4. The van der Waals surface area contributed by atoms with Crippen LogP contribution in [0.15, 0.2) is 18.2 Å². The second-order valence-electron chi connectivity index (χ2n) is 5.46. The molecule has 0 aromatic heterocycles. The van der Waals surface area contributed by atoms with E-state index < -0.39 is 0 Å². The number of rotatable bonds is 6. The first-order valence-corrected chi connectivity index (χ1v) is 7.65. The number of hydrogen-bond donors (Lipinski definition) is 2. The van der Waals surface area contributed by atoms with Gasteiger partial charge in [0.25, 0.3) is 0 Å². The Balaban J connectivity index is 2.18. The number of nitrogen functional groups attached to an aromatic ring is 1. The minimum atomic E-state index is 0.239. The Hall–Kier alpha value is -1.42. The van der Waals surface area contributed by atoms with Crippen molar-refractivity contribution in [3.63, 3.8) is 0 Å². The lowest BCUT2D eigenvalue weighted by Crippen LogP contribution is -2.40. The molecule has 0 saturated carbocycles. The molecular weight excluding hydrogens is 252 g/mol. The van der Waals surface area contributed by atoms with Crippen LogP contribution in [-0.2, 0) is 0 Å². The van der Waals surface area contributed by atoms with Crippen molar-refractivity contribution in [2.45, 2.75) is 45.1 Å². The van der Waals surface area contributed by atoms with Crippen molar-refractivity contribution in [1.29, 1.82) is 0 Å². The van der Waals surface area contributed by atoms with Gasteiger partial charge in [-0.1, -0.05) is 6.92 Å². The fourth-order valence-electron chi connectivity index (χ4n) is 2.86. The summed E-state index contributed by atoms with van der Waals surface area (Å²) in [4.78, 5) is 2.37. The summed E-state index contributed by atoms with van der Waals surface area (Å²) in [7, 11) is 0. The molecule has 1 aliphatic rings. The Labute approximate surface area is 121 Å². The average molecular weight is 278 g/mol. The number of nitrogens with two attached hydrogens (primary N) is 1. The molecule has 2 rings (SSSR count). The van der Waals surface area contributed by atoms with Crippen molar-refractivity contribution in [3.05, 3.63) is 18.2 Å². The van der Waals surface area contributed by atoms with Crippen molar-refractivity contribution in [2.24, 2.45) is 0 Å². The Bertz CT molecular complexity index is 421. The third-order valence-corrected chi connectivity index (χ3v) is 3.81. The van der Waals surface area contributed by atoms with Crippen LogP contribution in [0.2, 0.25) is 0 Å². The number of anilines is 2. The molecule has 20 heavy (non-hydrogen) atoms. The van der Waals surface area contributed by atoms with Crippen LogP contribution in [0.25, 0.3) is 0 Å². The smallest absolute Gasteiger partial charge is 0.123 e. The molecule has 1 heterocycles. The van der Waals surface area contributed by atoms with Crippen LogP contribution in [0.4, 0.5) is 11.4 Å². The molecule has 0 bridgehead atoms. The van der Waals surface area contributed by atoms with Gasteiger partial charge in [-0.2, -0.15) is 0 Å². The van der Waals surface area contributed by atoms with Crippen LogP contribution in [0.5, 0.6) is 5.75 Å². The van der Waals surface area contributed by atoms with Gasteiger partial charge in [-0.3, -0.25) is 0 Å². The normalized spacial score (nSPS) is 19.1. The molecule has 1 unspecified atom stereocenters. The van der Waals surface area contributed by atoms with E-state index in [4.69, 9.17) is 10.5 Å². The SMILES string of the molecule is CCCOc1cc(N)cc(N2CCCCC2CCO)c1. The van der Waals surface area contributed by atoms with Crippen molar-refractivity contribution >= 4 is 11.4 Å². The molecule has 1 fully saturated rings. The lowest BCUT2D eigenvalue weighted by molar-refractivity contribution is 0.262. The summed E-state index contributed by atoms with van der Waals surface area (Å²) in [5.74, 6) is 0.843. The molecule has 3 N–H and O–H groups in total. The number of aliphatic hydroxyl groups is 1. The molecule has 4 nitrogen and oxygen atoms in total. The fourth-order valence-corrected chi connectivity index (χ4v) is 2.86. The molecular formula is C16H26N2O2. The molecule has 0 radical (unpaired) electrons. The quantitative estimate of drug-likeness (QED) is 0.786. The van der Waals surface area contributed by atoms with E-state index in [9.17, 15) is 5.11 Å². The van der Waals surface area contributed by atoms with E-state index in [2.05, 4.69) is 17.9 Å². The van der Waals surface area contributed by atoms with Crippen molar-refractivity contribution in [1.82, 2.24) is 0 Å². The highest BCUT2D eigenvalue weighted by atomic mass is 16.5. The van der Waals surface area contributed by atoms with Gasteiger partial charge >= 0.3 is 0 Å². The first-order chi connectivity index (χ1) is 9.74. The second kappa shape index (κ2) is 7.39. The van der Waals surface area contributed by atoms with Gasteiger partial charge in [-0.05, 0) is 38.2 Å².